The molecule has 0 aliphatic carbocycles. The predicted octanol–water partition coefficient (Wildman–Crippen LogP) is 2.55. The number of nitrogens with two attached hydrogens (primary N) is 1. The Morgan fingerprint density at radius 2 is 2.06 bits per heavy atom. The first-order valence-corrected chi connectivity index (χ1v) is 5.78. The number of nitrogens with one attached hydrogen (secondary N) is 1. The zero-order chi connectivity index (χ0) is 12.0. The predicted molar refractivity (Wildman–Crippen MR) is 62.9 cm³/mol. The van der Waals surface area contributed by atoms with Gasteiger partial charge in [-0.2, -0.15) is 0 Å². The third kappa shape index (κ3) is 3.54. The van der Waals surface area contributed by atoms with Crippen molar-refractivity contribution in [3.63, 3.8) is 0 Å². The van der Waals surface area contributed by atoms with E-state index in [-0.39, 0.29) is 11.9 Å². The summed E-state index contributed by atoms with van der Waals surface area (Å²) in [6, 6.07) is 3.10. The number of nitrogens with zero attached hydrogens (tertiary/aromatic N) is 1. The molecule has 16 heavy (non-hydrogen) atoms. The van der Waals surface area contributed by atoms with Gasteiger partial charge in [0.25, 0.3) is 0 Å². The largest absolute Gasteiger partial charge is 0.271 e. The number of rotatable bonds is 6. The Bertz CT molecular complexity index is 296. The number of hydrogen-bond donors (Lipinski definition) is 2. The molecule has 4 heteroatoms. The molecule has 0 amide bonds. The lowest BCUT2D eigenvalue weighted by Gasteiger charge is -2.20. The van der Waals surface area contributed by atoms with E-state index >= 15 is 0 Å². The van der Waals surface area contributed by atoms with Gasteiger partial charge in [0, 0.05) is 0 Å². The molecule has 0 saturated carbocycles. The second-order valence-corrected chi connectivity index (χ2v) is 4.04. The Balaban J connectivity index is 2.70. The van der Waals surface area contributed by atoms with Gasteiger partial charge in [0.1, 0.15) is 5.82 Å². The average Bonchev–Trinajstić information content (AvgIpc) is 2.32. The lowest BCUT2D eigenvalue weighted by Crippen LogP contribution is -2.30. The van der Waals surface area contributed by atoms with Crippen molar-refractivity contribution in [1.29, 1.82) is 0 Å². The summed E-state index contributed by atoms with van der Waals surface area (Å²) in [4.78, 5) is 4.05. The molecular weight excluding hydrogens is 205 g/mol. The van der Waals surface area contributed by atoms with Crippen molar-refractivity contribution < 1.29 is 4.39 Å². The van der Waals surface area contributed by atoms with Crippen LogP contribution in [0.25, 0.3) is 0 Å². The van der Waals surface area contributed by atoms with E-state index in [1.54, 1.807) is 6.07 Å². The SMILES string of the molecule is CCC(CC)CC(NN)c1ccc(F)cn1. The van der Waals surface area contributed by atoms with Gasteiger partial charge in [-0.3, -0.25) is 16.3 Å². The van der Waals surface area contributed by atoms with E-state index in [4.69, 9.17) is 5.84 Å². The molecule has 1 aromatic rings. The summed E-state index contributed by atoms with van der Waals surface area (Å²) in [5.74, 6) is 5.82. The van der Waals surface area contributed by atoms with Crippen LogP contribution >= 0.6 is 0 Å². The number of hydrogen-bond acceptors (Lipinski definition) is 3. The van der Waals surface area contributed by atoms with E-state index < -0.39 is 0 Å². The van der Waals surface area contributed by atoms with Crippen LogP contribution in [0.3, 0.4) is 0 Å². The molecule has 1 unspecified atom stereocenters. The summed E-state index contributed by atoms with van der Waals surface area (Å²) in [5.41, 5.74) is 3.55. The van der Waals surface area contributed by atoms with Crippen molar-refractivity contribution in [2.24, 2.45) is 11.8 Å². The second kappa shape index (κ2) is 6.55. The zero-order valence-corrected chi connectivity index (χ0v) is 9.91. The summed E-state index contributed by atoms with van der Waals surface area (Å²) in [6.45, 7) is 4.33. The highest BCUT2D eigenvalue weighted by atomic mass is 19.1. The lowest BCUT2D eigenvalue weighted by molar-refractivity contribution is 0.369. The highest BCUT2D eigenvalue weighted by molar-refractivity contribution is 5.09. The number of hydrazine groups is 1. The van der Waals surface area contributed by atoms with Crippen molar-refractivity contribution in [3.8, 4) is 0 Å². The fourth-order valence-corrected chi connectivity index (χ4v) is 1.82. The van der Waals surface area contributed by atoms with Gasteiger partial charge in [-0.15, -0.1) is 0 Å². The van der Waals surface area contributed by atoms with Crippen LogP contribution in [0.4, 0.5) is 4.39 Å². The van der Waals surface area contributed by atoms with Crippen LogP contribution in [0.15, 0.2) is 18.3 Å². The molecule has 1 atom stereocenters. The minimum atomic E-state index is -0.318. The van der Waals surface area contributed by atoms with E-state index in [0.29, 0.717) is 5.92 Å². The third-order valence-electron chi connectivity index (χ3n) is 3.03. The molecule has 1 rings (SSSR count). The Labute approximate surface area is 96.2 Å². The van der Waals surface area contributed by atoms with Crippen molar-refractivity contribution in [2.75, 3.05) is 0 Å². The van der Waals surface area contributed by atoms with Crippen LogP contribution in [0.2, 0.25) is 0 Å². The molecule has 0 bridgehead atoms. The molecular formula is C12H20FN3. The summed E-state index contributed by atoms with van der Waals surface area (Å²) in [7, 11) is 0. The van der Waals surface area contributed by atoms with Gasteiger partial charge in [-0.1, -0.05) is 26.7 Å². The summed E-state index contributed by atoms with van der Waals surface area (Å²) in [6.07, 6.45) is 4.40. The Hall–Kier alpha value is -1.00. The van der Waals surface area contributed by atoms with Crippen molar-refractivity contribution in [2.45, 2.75) is 39.2 Å². The molecule has 0 fully saturated rings. The minimum Gasteiger partial charge on any atom is -0.271 e. The van der Waals surface area contributed by atoms with Gasteiger partial charge >= 0.3 is 0 Å². The average molecular weight is 225 g/mol. The first-order valence-electron chi connectivity index (χ1n) is 5.78. The van der Waals surface area contributed by atoms with Crippen molar-refractivity contribution in [3.05, 3.63) is 29.8 Å². The molecule has 3 N–H and O–H groups in total. The Morgan fingerprint density at radius 3 is 2.50 bits per heavy atom. The molecule has 0 aliphatic rings. The number of halogens is 1. The number of aromatic nitrogens is 1. The van der Waals surface area contributed by atoms with E-state index in [1.165, 1.54) is 12.3 Å². The molecule has 0 saturated heterocycles. The fourth-order valence-electron chi connectivity index (χ4n) is 1.82. The summed E-state index contributed by atoms with van der Waals surface area (Å²) >= 11 is 0. The van der Waals surface area contributed by atoms with Crippen LogP contribution < -0.4 is 11.3 Å². The monoisotopic (exact) mass is 225 g/mol. The van der Waals surface area contributed by atoms with E-state index in [9.17, 15) is 4.39 Å². The minimum absolute atomic E-state index is 0.00509. The fraction of sp³-hybridized carbons (Fsp3) is 0.583. The first-order chi connectivity index (χ1) is 7.71. The van der Waals surface area contributed by atoms with Gasteiger partial charge in [0.05, 0.1) is 17.9 Å². The number of pyridine rings is 1. The van der Waals surface area contributed by atoms with Gasteiger partial charge in [-0.05, 0) is 24.5 Å². The van der Waals surface area contributed by atoms with Gasteiger partial charge in [0.15, 0.2) is 0 Å². The van der Waals surface area contributed by atoms with E-state index in [1.807, 2.05) is 0 Å². The second-order valence-electron chi connectivity index (χ2n) is 4.04. The highest BCUT2D eigenvalue weighted by Gasteiger charge is 2.15. The highest BCUT2D eigenvalue weighted by Crippen LogP contribution is 2.23. The maximum Gasteiger partial charge on any atom is 0.141 e. The molecule has 0 aliphatic heterocycles. The summed E-state index contributed by atoms with van der Waals surface area (Å²) in [5, 5.41) is 0. The van der Waals surface area contributed by atoms with Crippen molar-refractivity contribution >= 4 is 0 Å². The van der Waals surface area contributed by atoms with Gasteiger partial charge in [-0.25, -0.2) is 4.39 Å². The van der Waals surface area contributed by atoms with Crippen LogP contribution in [0.5, 0.6) is 0 Å². The van der Waals surface area contributed by atoms with E-state index in [0.717, 1.165) is 25.0 Å². The normalized spacial score (nSPS) is 13.1. The molecule has 90 valence electrons. The van der Waals surface area contributed by atoms with E-state index in [2.05, 4.69) is 24.3 Å². The topological polar surface area (TPSA) is 50.9 Å². The lowest BCUT2D eigenvalue weighted by atomic mass is 9.93. The van der Waals surface area contributed by atoms with Crippen molar-refractivity contribution in [1.82, 2.24) is 10.4 Å². The third-order valence-corrected chi connectivity index (χ3v) is 3.03. The maximum absolute atomic E-state index is 12.7. The Kier molecular flexibility index (Phi) is 5.35. The van der Waals surface area contributed by atoms with Crippen LogP contribution in [0, 0.1) is 11.7 Å². The maximum atomic E-state index is 12.7. The molecule has 0 radical (unpaired) electrons. The van der Waals surface area contributed by atoms with Gasteiger partial charge < -0.3 is 0 Å². The van der Waals surface area contributed by atoms with Crippen LogP contribution in [-0.4, -0.2) is 4.98 Å². The standard InChI is InChI=1S/C12H20FN3/c1-3-9(4-2)7-12(16-14)11-6-5-10(13)8-15-11/h5-6,8-9,12,16H,3-4,7,14H2,1-2H3. The zero-order valence-electron chi connectivity index (χ0n) is 9.91. The summed E-state index contributed by atoms with van der Waals surface area (Å²) < 4.78 is 12.7. The smallest absolute Gasteiger partial charge is 0.141 e. The molecule has 0 spiro atoms. The quantitative estimate of drug-likeness (QED) is 0.578. The molecule has 0 aromatic carbocycles. The Morgan fingerprint density at radius 1 is 1.38 bits per heavy atom. The first kappa shape index (κ1) is 13.1. The molecule has 1 aromatic heterocycles. The van der Waals surface area contributed by atoms with Crippen LogP contribution in [-0.2, 0) is 0 Å². The van der Waals surface area contributed by atoms with Crippen LogP contribution in [0.1, 0.15) is 44.8 Å². The molecule has 1 heterocycles. The van der Waals surface area contributed by atoms with Gasteiger partial charge in [0.2, 0.25) is 0 Å². The molecule has 3 nitrogen and oxygen atoms in total.